The highest BCUT2D eigenvalue weighted by Gasteiger charge is 2.21. The number of rotatable bonds is 4. The van der Waals surface area contributed by atoms with Crippen LogP contribution in [0.2, 0.25) is 0 Å². The fraction of sp³-hybridized carbons (Fsp3) is 0.533. The van der Waals surface area contributed by atoms with Gasteiger partial charge in [-0.25, -0.2) is 0 Å². The summed E-state index contributed by atoms with van der Waals surface area (Å²) in [4.78, 5) is 14.2. The van der Waals surface area contributed by atoms with Gasteiger partial charge in [-0.3, -0.25) is 4.79 Å². The van der Waals surface area contributed by atoms with Crippen LogP contribution in [0.1, 0.15) is 24.8 Å². The van der Waals surface area contributed by atoms with E-state index in [1.807, 2.05) is 30.1 Å². The van der Waals surface area contributed by atoms with E-state index in [-0.39, 0.29) is 18.3 Å². The van der Waals surface area contributed by atoms with E-state index in [1.54, 1.807) is 0 Å². The van der Waals surface area contributed by atoms with Crippen molar-refractivity contribution in [2.24, 2.45) is 0 Å². The maximum Gasteiger partial charge on any atom is 0.222 e. The summed E-state index contributed by atoms with van der Waals surface area (Å²) in [5.41, 5.74) is 1.20. The molecule has 0 saturated carbocycles. The first-order chi connectivity index (χ1) is 9.18. The molecule has 1 aliphatic rings. The van der Waals surface area contributed by atoms with Gasteiger partial charge in [0.2, 0.25) is 5.91 Å². The summed E-state index contributed by atoms with van der Waals surface area (Å²) in [6, 6.07) is 8.52. The van der Waals surface area contributed by atoms with Gasteiger partial charge in [-0.05, 0) is 44.0 Å². The molecule has 0 unspecified atom stereocenters. The van der Waals surface area contributed by atoms with E-state index in [0.717, 1.165) is 36.8 Å². The molecular formula is C15H22BrClN2O. The van der Waals surface area contributed by atoms with Crippen LogP contribution in [0, 0.1) is 0 Å². The molecule has 1 heterocycles. The van der Waals surface area contributed by atoms with Crippen LogP contribution in [-0.4, -0.2) is 37.0 Å². The van der Waals surface area contributed by atoms with Crippen LogP contribution in [0.5, 0.6) is 0 Å². The Morgan fingerprint density at radius 3 is 2.65 bits per heavy atom. The number of amides is 1. The fourth-order valence-electron chi connectivity index (χ4n) is 2.52. The number of halogens is 2. The van der Waals surface area contributed by atoms with Gasteiger partial charge in [-0.15, -0.1) is 12.4 Å². The van der Waals surface area contributed by atoms with E-state index < -0.39 is 0 Å². The van der Waals surface area contributed by atoms with Crippen molar-refractivity contribution >= 4 is 34.2 Å². The average Bonchev–Trinajstić information content (AvgIpc) is 2.46. The molecule has 1 aromatic rings. The van der Waals surface area contributed by atoms with Crippen molar-refractivity contribution in [1.29, 1.82) is 0 Å². The van der Waals surface area contributed by atoms with Crippen molar-refractivity contribution in [2.45, 2.75) is 31.7 Å². The maximum absolute atomic E-state index is 12.2. The Bertz CT molecular complexity index is 436. The molecule has 1 saturated heterocycles. The number of nitrogens with one attached hydrogen (secondary N) is 1. The van der Waals surface area contributed by atoms with E-state index in [9.17, 15) is 4.79 Å². The lowest BCUT2D eigenvalue weighted by atomic mass is 10.0. The molecule has 20 heavy (non-hydrogen) atoms. The van der Waals surface area contributed by atoms with Crippen LogP contribution >= 0.6 is 28.3 Å². The van der Waals surface area contributed by atoms with Crippen molar-refractivity contribution in [3.63, 3.8) is 0 Å². The average molecular weight is 362 g/mol. The van der Waals surface area contributed by atoms with Crippen LogP contribution in [0.25, 0.3) is 0 Å². The molecule has 1 amide bonds. The third kappa shape index (κ3) is 4.76. The second-order valence-electron chi connectivity index (χ2n) is 5.08. The number of carbonyl (C=O) groups is 1. The monoisotopic (exact) mass is 360 g/mol. The molecule has 2 rings (SSSR count). The molecule has 0 aliphatic carbocycles. The molecule has 0 atom stereocenters. The molecule has 1 N–H and O–H groups in total. The van der Waals surface area contributed by atoms with E-state index in [1.165, 1.54) is 5.56 Å². The number of aryl methyl sites for hydroxylation is 1. The van der Waals surface area contributed by atoms with Gasteiger partial charge < -0.3 is 10.2 Å². The highest BCUT2D eigenvalue weighted by Crippen LogP contribution is 2.18. The van der Waals surface area contributed by atoms with Crippen LogP contribution in [0.4, 0.5) is 0 Å². The Balaban J connectivity index is 0.00000200. The molecule has 3 nitrogen and oxygen atoms in total. The minimum Gasteiger partial charge on any atom is -0.343 e. The third-order valence-electron chi connectivity index (χ3n) is 3.82. The first kappa shape index (κ1) is 17.5. The summed E-state index contributed by atoms with van der Waals surface area (Å²) in [6.07, 6.45) is 3.52. The van der Waals surface area contributed by atoms with E-state index >= 15 is 0 Å². The lowest BCUT2D eigenvalue weighted by Crippen LogP contribution is -2.44. The van der Waals surface area contributed by atoms with Gasteiger partial charge in [0, 0.05) is 24.0 Å². The maximum atomic E-state index is 12.2. The van der Waals surface area contributed by atoms with Gasteiger partial charge in [0.25, 0.3) is 0 Å². The van der Waals surface area contributed by atoms with Crippen LogP contribution < -0.4 is 5.32 Å². The number of hydrogen-bond acceptors (Lipinski definition) is 2. The van der Waals surface area contributed by atoms with Gasteiger partial charge in [0.1, 0.15) is 0 Å². The Morgan fingerprint density at radius 1 is 1.35 bits per heavy atom. The standard InChI is InChI=1S/C15H21BrN2O.ClH/c1-18(13-8-10-17-11-9-13)15(19)7-6-12-4-2-3-5-14(12)16;/h2-5,13,17H,6-11H2,1H3;1H. The van der Waals surface area contributed by atoms with E-state index in [0.29, 0.717) is 12.5 Å². The van der Waals surface area contributed by atoms with Gasteiger partial charge in [-0.1, -0.05) is 34.1 Å². The minimum atomic E-state index is 0. The summed E-state index contributed by atoms with van der Waals surface area (Å²) in [5, 5.41) is 3.33. The molecule has 0 radical (unpaired) electrons. The number of hydrogen-bond donors (Lipinski definition) is 1. The van der Waals surface area contributed by atoms with Gasteiger partial charge >= 0.3 is 0 Å². The normalized spacial score (nSPS) is 15.5. The second-order valence-corrected chi connectivity index (χ2v) is 5.93. The Kier molecular flexibility index (Phi) is 7.56. The SMILES string of the molecule is CN(C(=O)CCc1ccccc1Br)C1CCNCC1.Cl. The predicted molar refractivity (Wildman–Crippen MR) is 88.4 cm³/mol. The van der Waals surface area contributed by atoms with Crippen LogP contribution in [-0.2, 0) is 11.2 Å². The molecule has 112 valence electrons. The molecule has 1 fully saturated rings. The molecule has 0 bridgehead atoms. The topological polar surface area (TPSA) is 32.3 Å². The number of benzene rings is 1. The smallest absolute Gasteiger partial charge is 0.222 e. The predicted octanol–water partition coefficient (Wildman–Crippen LogP) is 3.01. The summed E-state index contributed by atoms with van der Waals surface area (Å²) in [6.45, 7) is 2.04. The lowest BCUT2D eigenvalue weighted by Gasteiger charge is -2.31. The largest absolute Gasteiger partial charge is 0.343 e. The first-order valence-electron chi connectivity index (χ1n) is 6.88. The van der Waals surface area contributed by atoms with Crippen LogP contribution in [0.15, 0.2) is 28.7 Å². The Hall–Kier alpha value is -0.580. The zero-order valence-corrected chi connectivity index (χ0v) is 14.2. The first-order valence-corrected chi connectivity index (χ1v) is 7.67. The third-order valence-corrected chi connectivity index (χ3v) is 4.59. The van der Waals surface area contributed by atoms with E-state index in [4.69, 9.17) is 0 Å². The summed E-state index contributed by atoms with van der Waals surface area (Å²) < 4.78 is 1.09. The van der Waals surface area contributed by atoms with Gasteiger partial charge in [-0.2, -0.15) is 0 Å². The molecule has 0 spiro atoms. The quantitative estimate of drug-likeness (QED) is 0.894. The van der Waals surface area contributed by atoms with Crippen molar-refractivity contribution in [3.8, 4) is 0 Å². The van der Waals surface area contributed by atoms with Crippen molar-refractivity contribution in [2.75, 3.05) is 20.1 Å². The van der Waals surface area contributed by atoms with E-state index in [2.05, 4.69) is 27.3 Å². The summed E-state index contributed by atoms with van der Waals surface area (Å²) in [7, 11) is 1.94. The van der Waals surface area contributed by atoms with Crippen molar-refractivity contribution in [1.82, 2.24) is 10.2 Å². The molecule has 1 aromatic carbocycles. The lowest BCUT2D eigenvalue weighted by molar-refractivity contribution is -0.132. The number of carbonyl (C=O) groups excluding carboxylic acids is 1. The van der Waals surface area contributed by atoms with Crippen LogP contribution in [0.3, 0.4) is 0 Å². The Labute approximate surface area is 135 Å². The summed E-state index contributed by atoms with van der Waals surface area (Å²) >= 11 is 3.53. The minimum absolute atomic E-state index is 0. The second kappa shape index (κ2) is 8.65. The molecule has 0 aromatic heterocycles. The summed E-state index contributed by atoms with van der Waals surface area (Å²) in [5.74, 6) is 0.252. The highest BCUT2D eigenvalue weighted by molar-refractivity contribution is 9.10. The molecule has 1 aliphatic heterocycles. The number of piperidine rings is 1. The van der Waals surface area contributed by atoms with Gasteiger partial charge in [0.15, 0.2) is 0 Å². The fourth-order valence-corrected chi connectivity index (χ4v) is 3.00. The zero-order chi connectivity index (χ0) is 13.7. The molecular weight excluding hydrogens is 340 g/mol. The highest BCUT2D eigenvalue weighted by atomic mass is 79.9. The Morgan fingerprint density at radius 2 is 2.00 bits per heavy atom. The number of nitrogens with zero attached hydrogens (tertiary/aromatic N) is 1. The zero-order valence-electron chi connectivity index (χ0n) is 11.8. The molecule has 5 heteroatoms. The van der Waals surface area contributed by atoms with Crippen molar-refractivity contribution < 1.29 is 4.79 Å². The van der Waals surface area contributed by atoms with Crippen molar-refractivity contribution in [3.05, 3.63) is 34.3 Å². The van der Waals surface area contributed by atoms with Gasteiger partial charge in [0.05, 0.1) is 0 Å².